The van der Waals surface area contributed by atoms with Crippen LogP contribution in [-0.4, -0.2) is 29.9 Å². The second-order valence-corrected chi connectivity index (χ2v) is 15.8. The number of para-hydroxylation sites is 2. The van der Waals surface area contributed by atoms with Gasteiger partial charge in [0.15, 0.2) is 34.9 Å². The Morgan fingerprint density at radius 2 is 0.645 bits per heavy atom. The van der Waals surface area contributed by atoms with Gasteiger partial charge >= 0.3 is 0 Å². The Labute approximate surface area is 355 Å². The van der Waals surface area contributed by atoms with Crippen molar-refractivity contribution in [1.82, 2.24) is 29.9 Å². The number of fused-ring (bicyclic) bond motifs is 2. The van der Waals surface area contributed by atoms with E-state index in [9.17, 15) is 0 Å². The zero-order valence-corrected chi connectivity index (χ0v) is 33.0. The first kappa shape index (κ1) is 34.5. The molecule has 14 rings (SSSR count). The van der Waals surface area contributed by atoms with Crippen molar-refractivity contribution in [2.75, 3.05) is 0 Å². The van der Waals surface area contributed by atoms with Gasteiger partial charge in [-0.05, 0) is 57.6 Å². The van der Waals surface area contributed by atoms with Gasteiger partial charge in [-0.15, -0.1) is 0 Å². The molecule has 0 spiro atoms. The monoisotopic (exact) mass is 796 g/mol. The molecule has 8 heteroatoms. The molecule has 62 heavy (non-hydrogen) atoms. The van der Waals surface area contributed by atoms with Gasteiger partial charge < -0.3 is 8.83 Å². The van der Waals surface area contributed by atoms with E-state index >= 15 is 0 Å². The molecule has 0 saturated heterocycles. The van der Waals surface area contributed by atoms with Crippen LogP contribution in [0.4, 0.5) is 0 Å². The Morgan fingerprint density at radius 1 is 0.290 bits per heavy atom. The number of rotatable bonds is 6. The van der Waals surface area contributed by atoms with Gasteiger partial charge in [0, 0.05) is 44.9 Å². The predicted octanol–water partition coefficient (Wildman–Crippen LogP) is 12.5. The third-order valence-electron chi connectivity index (χ3n) is 12.3. The third-order valence-corrected chi connectivity index (χ3v) is 12.3. The van der Waals surface area contributed by atoms with E-state index in [1.54, 1.807) is 12.5 Å². The van der Waals surface area contributed by atoms with Gasteiger partial charge in [0.1, 0.15) is 23.7 Å². The summed E-state index contributed by atoms with van der Waals surface area (Å²) in [5.74, 6) is 3.59. The molecule has 2 bridgehead atoms. The van der Waals surface area contributed by atoms with E-state index in [1.165, 1.54) is 33.4 Å². The molecular weight excluding hydrogens is 765 g/mol. The summed E-state index contributed by atoms with van der Waals surface area (Å²) in [5.41, 5.74) is 14.6. The number of furan rings is 2. The first-order chi connectivity index (χ1) is 30.7. The van der Waals surface area contributed by atoms with Crippen molar-refractivity contribution in [3.8, 4) is 68.3 Å². The Hall–Kier alpha value is -8.36. The largest absolute Gasteiger partial charge is 0.464 e. The van der Waals surface area contributed by atoms with Gasteiger partial charge in [0.05, 0.1) is 11.1 Å². The summed E-state index contributed by atoms with van der Waals surface area (Å²) in [4.78, 5) is 30.5. The molecule has 0 fully saturated rings. The Morgan fingerprint density at radius 3 is 1.10 bits per heavy atom. The van der Waals surface area contributed by atoms with E-state index in [4.69, 9.17) is 38.7 Å². The van der Waals surface area contributed by atoms with Crippen molar-refractivity contribution in [1.29, 1.82) is 0 Å². The van der Waals surface area contributed by atoms with E-state index in [1.807, 2.05) is 109 Å². The quantitative estimate of drug-likeness (QED) is 0.164. The lowest BCUT2D eigenvalue weighted by molar-refractivity contribution is 0.616. The van der Waals surface area contributed by atoms with Crippen molar-refractivity contribution in [3.05, 3.63) is 216 Å². The molecule has 290 valence electrons. The number of hydrogen-bond acceptors (Lipinski definition) is 8. The second-order valence-electron chi connectivity index (χ2n) is 15.8. The lowest BCUT2D eigenvalue weighted by atomic mass is 9.61. The average Bonchev–Trinajstić information content (AvgIpc) is 3.99. The maximum Gasteiger partial charge on any atom is 0.167 e. The number of nitrogens with zero attached hydrogens (tertiary/aromatic N) is 6. The lowest BCUT2D eigenvalue weighted by Crippen LogP contribution is -2.27. The maximum atomic E-state index is 5.95. The van der Waals surface area contributed by atoms with Gasteiger partial charge in [0.2, 0.25) is 0 Å². The van der Waals surface area contributed by atoms with E-state index in [2.05, 4.69) is 60.7 Å². The molecule has 8 nitrogen and oxygen atoms in total. The lowest BCUT2D eigenvalue weighted by Gasteiger charge is -2.42. The summed E-state index contributed by atoms with van der Waals surface area (Å²) in [6, 6.07) is 58.4. The standard InChI is InChI=1S/C54H32N6O2/c1-3-13-31(14-4-1)49-55-51(59-53(57-49)43-29-61-45-21-11-9-17-35(43)45)33-23-25-39-41(27-33)47-37-19-7-8-20-38(37)48(39)42-28-34(24-26-40(42)47)52-56-50(32-15-5-2-6-16-32)58-54(60-52)44-30-62-46-22-12-10-18-36(44)46/h1-30,47-48H. The van der Waals surface area contributed by atoms with Crippen LogP contribution in [0.15, 0.2) is 191 Å². The summed E-state index contributed by atoms with van der Waals surface area (Å²) in [7, 11) is 0. The molecule has 11 aromatic rings. The summed E-state index contributed by atoms with van der Waals surface area (Å²) in [6.07, 6.45) is 3.48. The van der Waals surface area contributed by atoms with Crippen LogP contribution in [0.3, 0.4) is 0 Å². The van der Waals surface area contributed by atoms with Crippen LogP contribution in [0.5, 0.6) is 0 Å². The van der Waals surface area contributed by atoms with Crippen LogP contribution in [0.2, 0.25) is 0 Å². The summed E-state index contributed by atoms with van der Waals surface area (Å²) >= 11 is 0. The molecule has 0 amide bonds. The second kappa shape index (κ2) is 13.6. The molecule has 3 aliphatic rings. The maximum absolute atomic E-state index is 5.95. The highest BCUT2D eigenvalue weighted by atomic mass is 16.3. The number of benzene rings is 7. The van der Waals surface area contributed by atoms with Crippen LogP contribution < -0.4 is 0 Å². The summed E-state index contributed by atoms with van der Waals surface area (Å²) in [5, 5.41) is 1.91. The molecule has 7 aromatic carbocycles. The summed E-state index contributed by atoms with van der Waals surface area (Å²) < 4.78 is 11.9. The molecule has 0 aliphatic heterocycles. The smallest absolute Gasteiger partial charge is 0.167 e. The van der Waals surface area contributed by atoms with Gasteiger partial charge in [-0.2, -0.15) is 0 Å². The average molecular weight is 797 g/mol. The zero-order chi connectivity index (χ0) is 40.7. The normalized spacial score (nSPS) is 14.8. The molecule has 0 saturated carbocycles. The van der Waals surface area contributed by atoms with E-state index < -0.39 is 0 Å². The van der Waals surface area contributed by atoms with Crippen LogP contribution in [0, 0.1) is 0 Å². The predicted molar refractivity (Wildman–Crippen MR) is 240 cm³/mol. The molecule has 0 N–H and O–H groups in total. The highest BCUT2D eigenvalue weighted by Gasteiger charge is 2.41. The molecule has 4 heterocycles. The molecule has 4 aromatic heterocycles. The zero-order valence-electron chi connectivity index (χ0n) is 33.0. The Bertz CT molecular complexity index is 3320. The highest BCUT2D eigenvalue weighted by Crippen LogP contribution is 2.56. The third kappa shape index (κ3) is 5.40. The minimum atomic E-state index is 0.00835. The van der Waals surface area contributed by atoms with Gasteiger partial charge in [-0.1, -0.05) is 146 Å². The molecular formula is C54H32N6O2. The van der Waals surface area contributed by atoms with E-state index in [0.717, 1.165) is 55.3 Å². The van der Waals surface area contributed by atoms with E-state index in [0.29, 0.717) is 34.9 Å². The van der Waals surface area contributed by atoms with Crippen LogP contribution in [0.25, 0.3) is 90.3 Å². The van der Waals surface area contributed by atoms with Crippen molar-refractivity contribution in [2.45, 2.75) is 11.8 Å². The van der Waals surface area contributed by atoms with Crippen molar-refractivity contribution < 1.29 is 8.83 Å². The van der Waals surface area contributed by atoms with Crippen molar-refractivity contribution in [2.24, 2.45) is 0 Å². The van der Waals surface area contributed by atoms with E-state index in [-0.39, 0.29) is 11.8 Å². The minimum Gasteiger partial charge on any atom is -0.464 e. The molecule has 3 aliphatic carbocycles. The van der Waals surface area contributed by atoms with Crippen LogP contribution in [0.1, 0.15) is 45.2 Å². The summed E-state index contributed by atoms with van der Waals surface area (Å²) in [6.45, 7) is 0. The highest BCUT2D eigenvalue weighted by molar-refractivity contribution is 5.93. The number of hydrogen-bond donors (Lipinski definition) is 0. The van der Waals surface area contributed by atoms with Crippen molar-refractivity contribution >= 4 is 21.9 Å². The van der Waals surface area contributed by atoms with Gasteiger partial charge in [-0.25, -0.2) is 29.9 Å². The number of aromatic nitrogens is 6. The Balaban J connectivity index is 0.951. The van der Waals surface area contributed by atoms with Gasteiger partial charge in [-0.3, -0.25) is 0 Å². The van der Waals surface area contributed by atoms with Gasteiger partial charge in [0.25, 0.3) is 0 Å². The molecule has 2 unspecified atom stereocenters. The molecule has 2 atom stereocenters. The fraction of sp³-hybridized carbons (Fsp3) is 0.0370. The van der Waals surface area contributed by atoms with Crippen LogP contribution >= 0.6 is 0 Å². The van der Waals surface area contributed by atoms with Crippen molar-refractivity contribution in [3.63, 3.8) is 0 Å². The fourth-order valence-corrected chi connectivity index (χ4v) is 9.48. The topological polar surface area (TPSA) is 104 Å². The first-order valence-electron chi connectivity index (χ1n) is 20.7. The fourth-order valence-electron chi connectivity index (χ4n) is 9.48. The first-order valence-corrected chi connectivity index (χ1v) is 20.7. The SMILES string of the molecule is c1ccc(-c2nc(-c3ccc4c(c3)C3c5ccccc5C4c4cc(-c5nc(-c6ccccc6)nc(-c6coc7ccccc67)n5)ccc43)nc(-c3coc4ccccc34)n2)cc1. The minimum absolute atomic E-state index is 0.00835. The van der Waals surface area contributed by atoms with Crippen LogP contribution in [-0.2, 0) is 0 Å². The Kier molecular flexibility index (Phi) is 7.56. The molecule has 0 radical (unpaired) electrons.